The van der Waals surface area contributed by atoms with Crippen molar-refractivity contribution < 1.29 is 19.9 Å². The summed E-state index contributed by atoms with van der Waals surface area (Å²) in [5.41, 5.74) is 6.11. The number of hydrogen-bond acceptors (Lipinski definition) is 5. The van der Waals surface area contributed by atoms with Gasteiger partial charge in [0.25, 0.3) is 0 Å². The molecule has 1 aliphatic heterocycles. The number of carboxylic acid groups (broad SMARTS) is 1. The van der Waals surface area contributed by atoms with Gasteiger partial charge in [-0.15, -0.1) is 0 Å². The van der Waals surface area contributed by atoms with Gasteiger partial charge in [0.2, 0.25) is 0 Å². The molecule has 4 atom stereocenters. The van der Waals surface area contributed by atoms with Crippen LogP contribution in [0.1, 0.15) is 32.1 Å². The minimum absolute atomic E-state index is 0.0963. The molecule has 1 aliphatic carbocycles. The molecule has 0 radical (unpaired) electrons. The van der Waals surface area contributed by atoms with Crippen LogP contribution in [0.5, 0.6) is 0 Å². The van der Waals surface area contributed by atoms with Gasteiger partial charge in [0.15, 0.2) is 0 Å². The second-order valence-corrected chi connectivity index (χ2v) is 6.23. The molecule has 0 amide bonds. The Morgan fingerprint density at radius 2 is 2.05 bits per heavy atom. The van der Waals surface area contributed by atoms with Crippen molar-refractivity contribution in [2.24, 2.45) is 17.6 Å². The van der Waals surface area contributed by atoms with Crippen LogP contribution in [-0.4, -0.2) is 58.3 Å². The summed E-state index contributed by atoms with van der Waals surface area (Å²) >= 11 is 0. The van der Waals surface area contributed by atoms with Crippen molar-refractivity contribution in [1.82, 2.24) is 4.90 Å². The van der Waals surface area contributed by atoms with E-state index in [0.29, 0.717) is 25.3 Å². The lowest BCUT2D eigenvalue weighted by Gasteiger charge is -2.27. The number of nitrogens with two attached hydrogens (primary N) is 1. The number of carboxylic acids is 1. The van der Waals surface area contributed by atoms with Gasteiger partial charge in [0.1, 0.15) is 0 Å². The fourth-order valence-electron chi connectivity index (χ4n) is 3.73. The van der Waals surface area contributed by atoms with E-state index in [1.165, 1.54) is 0 Å². The van der Waals surface area contributed by atoms with Crippen LogP contribution in [0.25, 0.3) is 0 Å². The summed E-state index contributed by atoms with van der Waals surface area (Å²) in [4.78, 5) is 13.6. The topological polar surface area (TPSA) is 107 Å². The molecular formula is C13H25BN2O4. The summed E-state index contributed by atoms with van der Waals surface area (Å²) in [5, 5.41) is 27.1. The minimum atomic E-state index is -1.29. The highest BCUT2D eigenvalue weighted by Gasteiger charge is 2.42. The van der Waals surface area contributed by atoms with Gasteiger partial charge in [-0.2, -0.15) is 0 Å². The molecule has 0 aromatic heterocycles. The molecule has 20 heavy (non-hydrogen) atoms. The van der Waals surface area contributed by atoms with Crippen molar-refractivity contribution in [2.45, 2.75) is 50.5 Å². The number of carbonyl (C=O) groups is 1. The number of nitrogens with zero attached hydrogens (tertiary/aromatic N) is 1. The fraction of sp³-hybridized carbons (Fsp3) is 0.923. The van der Waals surface area contributed by atoms with Crippen molar-refractivity contribution in [2.75, 3.05) is 13.1 Å². The monoisotopic (exact) mass is 284 g/mol. The van der Waals surface area contributed by atoms with Crippen molar-refractivity contribution in [3.63, 3.8) is 0 Å². The maximum Gasteiger partial charge on any atom is 0.451 e. The molecule has 2 rings (SSSR count). The Kier molecular flexibility index (Phi) is 5.43. The Hall–Kier alpha value is -0.625. The van der Waals surface area contributed by atoms with E-state index in [2.05, 4.69) is 4.90 Å². The van der Waals surface area contributed by atoms with E-state index in [-0.39, 0.29) is 17.9 Å². The number of rotatable bonds is 6. The van der Waals surface area contributed by atoms with Gasteiger partial charge < -0.3 is 20.9 Å². The molecule has 1 heterocycles. The van der Waals surface area contributed by atoms with Gasteiger partial charge in [-0.25, -0.2) is 0 Å². The van der Waals surface area contributed by atoms with E-state index in [0.717, 1.165) is 32.2 Å². The highest BCUT2D eigenvalue weighted by Crippen LogP contribution is 2.33. The summed E-state index contributed by atoms with van der Waals surface area (Å²) in [6.07, 6.45) is 4.91. The van der Waals surface area contributed by atoms with E-state index in [1.54, 1.807) is 0 Å². The third kappa shape index (κ3) is 3.72. The molecule has 0 aromatic carbocycles. The van der Waals surface area contributed by atoms with Crippen molar-refractivity contribution in [3.05, 3.63) is 0 Å². The predicted molar refractivity (Wildman–Crippen MR) is 76.0 cm³/mol. The van der Waals surface area contributed by atoms with Gasteiger partial charge in [-0.1, -0.05) is 12.8 Å². The zero-order valence-corrected chi connectivity index (χ0v) is 11.8. The van der Waals surface area contributed by atoms with Crippen LogP contribution in [0.2, 0.25) is 6.32 Å². The van der Waals surface area contributed by atoms with E-state index < -0.39 is 13.1 Å². The number of likely N-dealkylation sites (tertiary alicyclic amines) is 1. The Labute approximate surface area is 120 Å². The molecule has 114 valence electrons. The minimum Gasteiger partial charge on any atom is -0.481 e. The second-order valence-electron chi connectivity index (χ2n) is 6.23. The smallest absolute Gasteiger partial charge is 0.451 e. The molecule has 6 nitrogen and oxygen atoms in total. The normalized spacial score (nSPS) is 34.5. The summed E-state index contributed by atoms with van der Waals surface area (Å²) < 4.78 is 0. The lowest BCUT2D eigenvalue weighted by molar-refractivity contribution is -0.142. The Bertz CT molecular complexity index is 342. The zero-order valence-electron chi connectivity index (χ0n) is 11.8. The molecule has 1 saturated heterocycles. The van der Waals surface area contributed by atoms with E-state index >= 15 is 0 Å². The SMILES string of the molecule is NC1CCCC1N1CC(CCCB(O)O)C(C(=O)O)C1. The van der Waals surface area contributed by atoms with Gasteiger partial charge in [0, 0.05) is 25.2 Å². The summed E-state index contributed by atoms with van der Waals surface area (Å²) in [7, 11) is -1.29. The molecule has 1 saturated carbocycles. The number of aliphatic carboxylic acids is 1. The largest absolute Gasteiger partial charge is 0.481 e. The van der Waals surface area contributed by atoms with Crippen LogP contribution in [0, 0.1) is 11.8 Å². The Balaban J connectivity index is 1.91. The summed E-state index contributed by atoms with van der Waals surface area (Å²) in [6, 6.07) is 0.493. The van der Waals surface area contributed by atoms with Crippen LogP contribution in [0.15, 0.2) is 0 Å². The predicted octanol–water partition coefficient (Wildman–Crippen LogP) is -0.248. The highest BCUT2D eigenvalue weighted by molar-refractivity contribution is 6.40. The van der Waals surface area contributed by atoms with Crippen LogP contribution in [-0.2, 0) is 4.79 Å². The van der Waals surface area contributed by atoms with Crippen molar-refractivity contribution in [3.8, 4) is 0 Å². The molecule has 2 aliphatic rings. The Morgan fingerprint density at radius 1 is 1.30 bits per heavy atom. The van der Waals surface area contributed by atoms with Crippen molar-refractivity contribution in [1.29, 1.82) is 0 Å². The van der Waals surface area contributed by atoms with E-state index in [9.17, 15) is 9.90 Å². The van der Waals surface area contributed by atoms with Crippen molar-refractivity contribution >= 4 is 13.1 Å². The van der Waals surface area contributed by atoms with Crippen LogP contribution < -0.4 is 5.73 Å². The second kappa shape index (κ2) is 6.89. The first kappa shape index (κ1) is 15.8. The maximum absolute atomic E-state index is 11.4. The van der Waals surface area contributed by atoms with Crippen LogP contribution in [0.3, 0.4) is 0 Å². The van der Waals surface area contributed by atoms with Gasteiger partial charge in [0.05, 0.1) is 5.92 Å². The molecule has 2 fully saturated rings. The first-order chi connectivity index (χ1) is 9.49. The molecule has 0 bridgehead atoms. The van der Waals surface area contributed by atoms with E-state index in [4.69, 9.17) is 15.8 Å². The highest BCUT2D eigenvalue weighted by atomic mass is 16.4. The lowest BCUT2D eigenvalue weighted by atomic mass is 9.80. The first-order valence-electron chi connectivity index (χ1n) is 7.57. The van der Waals surface area contributed by atoms with Gasteiger partial charge in [-0.05, 0) is 31.5 Å². The lowest BCUT2D eigenvalue weighted by Crippen LogP contribution is -2.43. The quantitative estimate of drug-likeness (QED) is 0.501. The van der Waals surface area contributed by atoms with Gasteiger partial charge in [-0.3, -0.25) is 9.69 Å². The molecule has 5 N–H and O–H groups in total. The maximum atomic E-state index is 11.4. The third-order valence-corrected chi connectivity index (χ3v) is 4.82. The Morgan fingerprint density at radius 3 is 2.60 bits per heavy atom. The van der Waals surface area contributed by atoms with Crippen LogP contribution in [0.4, 0.5) is 0 Å². The average molecular weight is 284 g/mol. The zero-order chi connectivity index (χ0) is 14.7. The molecule has 0 aromatic rings. The molecule has 0 spiro atoms. The first-order valence-corrected chi connectivity index (χ1v) is 7.57. The summed E-state index contributed by atoms with van der Waals surface area (Å²) in [5.74, 6) is -0.994. The standard InChI is InChI=1S/C13H25BN2O4/c15-11-4-1-5-12(11)16-7-9(3-2-6-14(19)20)10(8-16)13(17)18/h9-12,19-20H,1-8,15H2,(H,17,18). The fourth-order valence-corrected chi connectivity index (χ4v) is 3.73. The number of hydrogen-bond donors (Lipinski definition) is 4. The molecule has 7 heteroatoms. The van der Waals surface area contributed by atoms with Gasteiger partial charge >= 0.3 is 13.1 Å². The average Bonchev–Trinajstić information content (AvgIpc) is 2.94. The molecular weight excluding hydrogens is 259 g/mol. The van der Waals surface area contributed by atoms with Crippen LogP contribution >= 0.6 is 0 Å². The van der Waals surface area contributed by atoms with E-state index in [1.807, 2.05) is 0 Å². The molecule has 4 unspecified atom stereocenters. The summed E-state index contributed by atoms with van der Waals surface area (Å²) in [6.45, 7) is 1.36. The third-order valence-electron chi connectivity index (χ3n) is 4.82.